The zero-order chi connectivity index (χ0) is 27.9. The number of hydrogen-bond donors (Lipinski definition) is 4. The first-order valence-corrected chi connectivity index (χ1v) is 13.0. The van der Waals surface area contributed by atoms with Crippen molar-refractivity contribution >= 4 is 46.6 Å². The van der Waals surface area contributed by atoms with Gasteiger partial charge in [0, 0.05) is 37.1 Å². The number of hydrazone groups is 1. The molecular formula is C29H34ClFN6O3. The van der Waals surface area contributed by atoms with Crippen molar-refractivity contribution in [1.29, 1.82) is 0 Å². The van der Waals surface area contributed by atoms with E-state index in [-0.39, 0.29) is 55.7 Å². The van der Waals surface area contributed by atoms with Crippen LogP contribution in [0.2, 0.25) is 0 Å². The predicted molar refractivity (Wildman–Crippen MR) is 154 cm³/mol. The van der Waals surface area contributed by atoms with Gasteiger partial charge in [-0.1, -0.05) is 30.3 Å². The molecule has 2 amide bonds. The van der Waals surface area contributed by atoms with E-state index in [9.17, 15) is 18.8 Å². The predicted octanol–water partition coefficient (Wildman–Crippen LogP) is 2.48. The minimum Gasteiger partial charge on any atom is -0.361 e. The Morgan fingerprint density at radius 3 is 2.62 bits per heavy atom. The molecule has 3 aromatic rings. The maximum absolute atomic E-state index is 14.1. The Morgan fingerprint density at radius 1 is 1.23 bits per heavy atom. The van der Waals surface area contributed by atoms with Crippen LogP contribution in [0.1, 0.15) is 31.4 Å². The number of nitrogens with two attached hydrogens (primary N) is 1. The number of H-pyrrole nitrogens is 1. The second-order valence-corrected chi connectivity index (χ2v) is 11.1. The number of aromatic amines is 1. The zero-order valence-corrected chi connectivity index (χ0v) is 23.5. The molecule has 1 saturated heterocycles. The standard InChI is InChI=1S/C29H33FN6O3.ClH/c1-28(2,31)26(38)34-22(12-18-15-32-21-7-5-4-6-20(18)21)25(37)23-14-29(13-17-8-10-19(30)11-9-17)24(16-33-23)35-36(3)27(29)39;/h4-11,15,22-23,32-33H,12-14,16,31H2,1-3H3,(H,34,38);1H/t22-,23+,29-;/m1./s1. The molecule has 0 saturated carbocycles. The lowest BCUT2D eigenvalue weighted by Crippen LogP contribution is -2.61. The van der Waals surface area contributed by atoms with Crippen LogP contribution in [0.5, 0.6) is 0 Å². The minimum atomic E-state index is -1.19. The molecular weight excluding hydrogens is 535 g/mol. The van der Waals surface area contributed by atoms with Crippen LogP contribution in [0.3, 0.4) is 0 Å². The summed E-state index contributed by atoms with van der Waals surface area (Å²) in [6, 6.07) is 12.2. The van der Waals surface area contributed by atoms with Crippen molar-refractivity contribution in [3.8, 4) is 0 Å². The molecule has 3 atom stereocenters. The summed E-state index contributed by atoms with van der Waals surface area (Å²) in [7, 11) is 1.60. The van der Waals surface area contributed by atoms with Gasteiger partial charge in [-0.05, 0) is 56.0 Å². The molecule has 5 N–H and O–H groups in total. The second-order valence-electron chi connectivity index (χ2n) is 11.1. The Morgan fingerprint density at radius 2 is 1.93 bits per heavy atom. The smallest absolute Gasteiger partial charge is 0.254 e. The summed E-state index contributed by atoms with van der Waals surface area (Å²) in [5.41, 5.74) is 7.05. The number of benzene rings is 2. The van der Waals surface area contributed by atoms with E-state index in [0.29, 0.717) is 5.71 Å². The number of hydrogen-bond acceptors (Lipinski definition) is 6. The Bertz CT molecular complexity index is 1460. The number of rotatable bonds is 8. The van der Waals surface area contributed by atoms with Gasteiger partial charge in [0.15, 0.2) is 5.78 Å². The first-order valence-electron chi connectivity index (χ1n) is 13.0. The molecule has 5 rings (SSSR count). The van der Waals surface area contributed by atoms with Gasteiger partial charge in [-0.3, -0.25) is 14.4 Å². The van der Waals surface area contributed by atoms with Crippen LogP contribution in [-0.4, -0.2) is 64.5 Å². The number of fused-ring (bicyclic) bond motifs is 2. The van der Waals surface area contributed by atoms with Crippen LogP contribution >= 0.6 is 12.4 Å². The Hall–Kier alpha value is -3.60. The van der Waals surface area contributed by atoms with Gasteiger partial charge < -0.3 is 21.4 Å². The Kier molecular flexibility index (Phi) is 8.16. The maximum Gasteiger partial charge on any atom is 0.254 e. The van der Waals surface area contributed by atoms with Gasteiger partial charge in [-0.15, -0.1) is 12.4 Å². The fourth-order valence-electron chi connectivity index (χ4n) is 5.54. The van der Waals surface area contributed by atoms with Gasteiger partial charge in [0.2, 0.25) is 5.91 Å². The molecule has 1 fully saturated rings. The van der Waals surface area contributed by atoms with Crippen LogP contribution < -0.4 is 16.4 Å². The van der Waals surface area contributed by atoms with Crippen molar-refractivity contribution in [1.82, 2.24) is 20.6 Å². The summed E-state index contributed by atoms with van der Waals surface area (Å²) < 4.78 is 13.6. The minimum absolute atomic E-state index is 0. The summed E-state index contributed by atoms with van der Waals surface area (Å²) in [5, 5.41) is 12.9. The van der Waals surface area contributed by atoms with E-state index in [0.717, 1.165) is 22.0 Å². The van der Waals surface area contributed by atoms with E-state index < -0.39 is 28.9 Å². The first-order chi connectivity index (χ1) is 18.5. The van der Waals surface area contributed by atoms with Crippen molar-refractivity contribution in [3.05, 3.63) is 71.7 Å². The quantitative estimate of drug-likeness (QED) is 0.331. The molecule has 1 aromatic heterocycles. The van der Waals surface area contributed by atoms with E-state index >= 15 is 0 Å². The number of para-hydroxylation sites is 1. The fourth-order valence-corrected chi connectivity index (χ4v) is 5.54. The van der Waals surface area contributed by atoms with Crippen molar-refractivity contribution in [3.63, 3.8) is 0 Å². The molecule has 40 heavy (non-hydrogen) atoms. The lowest BCUT2D eigenvalue weighted by Gasteiger charge is -2.38. The topological polar surface area (TPSA) is 133 Å². The normalized spacial score (nSPS) is 21.4. The van der Waals surface area contributed by atoms with Crippen LogP contribution in [0.4, 0.5) is 4.39 Å². The SMILES string of the molecule is CN1N=C2CN[C@H](C(=O)[C@@H](Cc3c[nH]c4ccccc34)NC(=O)C(C)(C)N)C[C@@]2(Cc2ccc(F)cc2)C1=O.Cl. The lowest BCUT2D eigenvalue weighted by atomic mass is 9.69. The average Bonchev–Trinajstić information content (AvgIpc) is 3.42. The van der Waals surface area contributed by atoms with Gasteiger partial charge in [0.05, 0.1) is 28.7 Å². The summed E-state index contributed by atoms with van der Waals surface area (Å²) in [5.74, 6) is -1.26. The highest BCUT2D eigenvalue weighted by Gasteiger charge is 2.54. The van der Waals surface area contributed by atoms with Gasteiger partial charge in [0.1, 0.15) is 5.82 Å². The average molecular weight is 569 g/mol. The van der Waals surface area contributed by atoms with Crippen molar-refractivity contribution in [2.24, 2.45) is 16.3 Å². The molecule has 0 bridgehead atoms. The number of piperidine rings is 1. The third-order valence-electron chi connectivity index (χ3n) is 7.69. The molecule has 2 aromatic carbocycles. The first kappa shape index (κ1) is 29.4. The van der Waals surface area contributed by atoms with Crippen LogP contribution in [0.25, 0.3) is 10.9 Å². The van der Waals surface area contributed by atoms with Crippen molar-refractivity contribution in [2.45, 2.75) is 50.7 Å². The molecule has 2 aliphatic rings. The zero-order valence-electron chi connectivity index (χ0n) is 22.7. The number of carbonyl (C=O) groups excluding carboxylic acids is 3. The molecule has 3 heterocycles. The van der Waals surface area contributed by atoms with Crippen molar-refractivity contribution < 1.29 is 18.8 Å². The largest absolute Gasteiger partial charge is 0.361 e. The second kappa shape index (κ2) is 11.1. The van der Waals surface area contributed by atoms with E-state index in [2.05, 4.69) is 20.7 Å². The molecule has 0 radical (unpaired) electrons. The fraction of sp³-hybridized carbons (Fsp3) is 0.379. The molecule has 0 spiro atoms. The molecule has 212 valence electrons. The Labute approximate surface area is 238 Å². The highest BCUT2D eigenvalue weighted by atomic mass is 35.5. The van der Waals surface area contributed by atoms with Gasteiger partial charge in [0.25, 0.3) is 5.91 Å². The Balaban J connectivity index is 0.00000370. The van der Waals surface area contributed by atoms with Gasteiger partial charge >= 0.3 is 0 Å². The van der Waals surface area contributed by atoms with E-state index in [4.69, 9.17) is 5.73 Å². The van der Waals surface area contributed by atoms with E-state index in [1.54, 1.807) is 33.0 Å². The monoisotopic (exact) mass is 568 g/mol. The number of amides is 2. The lowest BCUT2D eigenvalue weighted by molar-refractivity contribution is -0.137. The van der Waals surface area contributed by atoms with Crippen LogP contribution in [0.15, 0.2) is 59.8 Å². The molecule has 0 aliphatic carbocycles. The number of carbonyl (C=O) groups is 3. The number of ketones is 1. The molecule has 2 aliphatic heterocycles. The maximum atomic E-state index is 14.1. The third-order valence-corrected chi connectivity index (χ3v) is 7.69. The number of Topliss-reactive ketones (excluding diaryl/α,β-unsaturated/α-hetero) is 1. The number of halogens is 2. The molecule has 11 heteroatoms. The number of nitrogens with one attached hydrogen (secondary N) is 3. The summed E-state index contributed by atoms with van der Waals surface area (Å²) >= 11 is 0. The number of nitrogens with zero attached hydrogens (tertiary/aromatic N) is 2. The number of aromatic nitrogens is 1. The summed E-state index contributed by atoms with van der Waals surface area (Å²) in [4.78, 5) is 43.7. The van der Waals surface area contributed by atoms with E-state index in [1.165, 1.54) is 17.1 Å². The van der Waals surface area contributed by atoms with Gasteiger partial charge in [-0.2, -0.15) is 5.10 Å². The molecule has 0 unspecified atom stereocenters. The summed E-state index contributed by atoms with van der Waals surface area (Å²) in [6.07, 6.45) is 2.55. The third kappa shape index (κ3) is 5.52. The van der Waals surface area contributed by atoms with E-state index in [1.807, 2.05) is 30.5 Å². The summed E-state index contributed by atoms with van der Waals surface area (Å²) in [6.45, 7) is 3.41. The van der Waals surface area contributed by atoms with Crippen LogP contribution in [-0.2, 0) is 27.2 Å². The highest BCUT2D eigenvalue weighted by molar-refractivity contribution is 6.14. The van der Waals surface area contributed by atoms with Crippen molar-refractivity contribution in [2.75, 3.05) is 13.6 Å². The van der Waals surface area contributed by atoms with Gasteiger partial charge in [-0.25, -0.2) is 9.40 Å². The molecule has 9 nitrogen and oxygen atoms in total. The highest BCUT2D eigenvalue weighted by Crippen LogP contribution is 2.40. The van der Waals surface area contributed by atoms with Crippen LogP contribution in [0, 0.1) is 11.2 Å².